The van der Waals surface area contributed by atoms with Crippen molar-refractivity contribution in [1.82, 2.24) is 4.90 Å². The molecule has 7 heteroatoms. The number of carbonyl (C=O) groups excluding carboxylic acids is 1. The Morgan fingerprint density at radius 3 is 2.55 bits per heavy atom. The third kappa shape index (κ3) is 4.60. The molecule has 5 nitrogen and oxygen atoms in total. The molecule has 0 saturated carbocycles. The Morgan fingerprint density at radius 2 is 1.83 bits per heavy atom. The van der Waals surface area contributed by atoms with E-state index in [4.69, 9.17) is 0 Å². The quantitative estimate of drug-likeness (QED) is 0.777. The smallest absolute Gasteiger partial charge is 0.239 e. The second kappa shape index (κ2) is 8.93. The Morgan fingerprint density at radius 1 is 1.10 bits per heavy atom. The van der Waals surface area contributed by atoms with Gasteiger partial charge in [0.2, 0.25) is 5.91 Å². The number of halogens is 1. The van der Waals surface area contributed by atoms with Gasteiger partial charge in [0, 0.05) is 36.7 Å². The second-order valence-corrected chi connectivity index (χ2v) is 8.77. The molecule has 2 aliphatic rings. The molecule has 29 heavy (non-hydrogen) atoms. The average molecular weight is 413 g/mol. The number of piperazine rings is 1. The lowest BCUT2D eigenvalue weighted by molar-refractivity contribution is -0.117. The van der Waals surface area contributed by atoms with Gasteiger partial charge in [-0.15, -0.1) is 11.3 Å². The molecule has 1 amide bonds. The van der Waals surface area contributed by atoms with Gasteiger partial charge in [0.15, 0.2) is 0 Å². The summed E-state index contributed by atoms with van der Waals surface area (Å²) >= 11 is 1.58. The van der Waals surface area contributed by atoms with Crippen LogP contribution in [0.4, 0.5) is 15.1 Å². The summed E-state index contributed by atoms with van der Waals surface area (Å²) in [5.41, 5.74) is 2.83. The predicted molar refractivity (Wildman–Crippen MR) is 114 cm³/mol. The summed E-state index contributed by atoms with van der Waals surface area (Å²) in [5, 5.41) is 13.3. The average Bonchev–Trinajstić information content (AvgIpc) is 2.88. The maximum absolute atomic E-state index is 13.1. The van der Waals surface area contributed by atoms with E-state index in [-0.39, 0.29) is 11.7 Å². The first-order valence-electron chi connectivity index (χ1n) is 10.2. The third-order valence-corrected chi connectivity index (χ3v) is 6.92. The van der Waals surface area contributed by atoms with Crippen molar-refractivity contribution in [1.29, 1.82) is 5.26 Å². The lowest BCUT2D eigenvalue weighted by Crippen LogP contribution is -2.48. The van der Waals surface area contributed by atoms with Crippen molar-refractivity contribution in [3.8, 4) is 6.07 Å². The van der Waals surface area contributed by atoms with Crippen molar-refractivity contribution in [2.45, 2.75) is 32.1 Å². The molecule has 0 bridgehead atoms. The molecule has 152 valence electrons. The number of anilines is 2. The predicted octanol–water partition coefficient (Wildman–Crippen LogP) is 3.79. The normalized spacial score (nSPS) is 17.3. The maximum Gasteiger partial charge on any atom is 0.239 e. The maximum atomic E-state index is 13.1. The molecular weight excluding hydrogens is 387 g/mol. The zero-order chi connectivity index (χ0) is 20.2. The number of amides is 1. The summed E-state index contributed by atoms with van der Waals surface area (Å²) in [6.45, 7) is 3.48. The van der Waals surface area contributed by atoms with E-state index in [0.717, 1.165) is 63.1 Å². The molecule has 4 rings (SSSR count). The van der Waals surface area contributed by atoms with Gasteiger partial charge >= 0.3 is 0 Å². The topological polar surface area (TPSA) is 59.4 Å². The number of nitrogens with one attached hydrogen (secondary N) is 1. The van der Waals surface area contributed by atoms with Crippen LogP contribution in [-0.2, 0) is 17.6 Å². The van der Waals surface area contributed by atoms with Gasteiger partial charge < -0.3 is 10.2 Å². The highest BCUT2D eigenvalue weighted by Crippen LogP contribution is 2.36. The molecular formula is C22H25FN4OS. The molecule has 1 aliphatic heterocycles. The molecule has 2 heterocycles. The Hall–Kier alpha value is -2.43. The van der Waals surface area contributed by atoms with Crippen LogP contribution in [0.15, 0.2) is 24.3 Å². The van der Waals surface area contributed by atoms with Crippen LogP contribution in [-0.4, -0.2) is 43.5 Å². The number of aryl methyl sites for hydroxylation is 1. The van der Waals surface area contributed by atoms with Crippen LogP contribution in [0.1, 0.15) is 35.3 Å². The molecule has 0 unspecified atom stereocenters. The molecule has 2 aromatic rings. The van der Waals surface area contributed by atoms with E-state index in [0.29, 0.717) is 17.1 Å². The second-order valence-electron chi connectivity index (χ2n) is 7.67. The van der Waals surface area contributed by atoms with Crippen molar-refractivity contribution in [2.24, 2.45) is 0 Å². The summed E-state index contributed by atoms with van der Waals surface area (Å²) in [4.78, 5) is 18.2. The molecule has 0 atom stereocenters. The van der Waals surface area contributed by atoms with Crippen LogP contribution in [0.3, 0.4) is 0 Å². The monoisotopic (exact) mass is 412 g/mol. The number of benzene rings is 1. The molecule has 1 saturated heterocycles. The molecule has 1 aromatic heterocycles. The van der Waals surface area contributed by atoms with Crippen molar-refractivity contribution < 1.29 is 9.18 Å². The standard InChI is InChI=1S/C22H25FN4OS/c23-16-6-8-17(9-7-16)27-12-10-26(11-13-27)15-21(28)25-22-19(14-24)18-4-2-1-3-5-20(18)29-22/h6-9H,1-5,10-13,15H2,(H,25,28). The molecule has 0 spiro atoms. The lowest BCUT2D eigenvalue weighted by atomic mass is 10.1. The minimum absolute atomic E-state index is 0.0619. The Kier molecular flexibility index (Phi) is 6.12. The van der Waals surface area contributed by atoms with Crippen LogP contribution < -0.4 is 10.2 Å². The van der Waals surface area contributed by atoms with Gasteiger partial charge in [0.25, 0.3) is 0 Å². The summed E-state index contributed by atoms with van der Waals surface area (Å²) < 4.78 is 13.1. The van der Waals surface area contributed by atoms with E-state index < -0.39 is 0 Å². The largest absolute Gasteiger partial charge is 0.369 e. The number of rotatable bonds is 4. The van der Waals surface area contributed by atoms with E-state index in [2.05, 4.69) is 21.2 Å². The first-order valence-corrected chi connectivity index (χ1v) is 11.0. The third-order valence-electron chi connectivity index (χ3n) is 5.72. The summed E-state index contributed by atoms with van der Waals surface area (Å²) in [7, 11) is 0. The highest BCUT2D eigenvalue weighted by atomic mass is 32.1. The number of carbonyl (C=O) groups is 1. The number of fused-ring (bicyclic) bond motifs is 1. The summed E-state index contributed by atoms with van der Waals surface area (Å²) in [6, 6.07) is 8.86. The number of hydrogen-bond acceptors (Lipinski definition) is 5. The number of nitriles is 1. The fourth-order valence-corrected chi connectivity index (χ4v) is 5.39. The minimum atomic E-state index is -0.230. The van der Waals surface area contributed by atoms with Crippen LogP contribution in [0, 0.1) is 17.1 Å². The Balaban J connectivity index is 1.33. The summed E-state index contributed by atoms with van der Waals surface area (Å²) in [6.07, 6.45) is 5.43. The van der Waals surface area contributed by atoms with Gasteiger partial charge in [-0.2, -0.15) is 5.26 Å². The number of nitrogens with zero attached hydrogens (tertiary/aromatic N) is 3. The van der Waals surface area contributed by atoms with Crippen LogP contribution in [0.2, 0.25) is 0 Å². The van der Waals surface area contributed by atoms with Crippen molar-refractivity contribution in [3.05, 3.63) is 46.1 Å². The molecule has 1 aliphatic carbocycles. The Bertz CT molecular complexity index is 910. The molecule has 1 aromatic carbocycles. The van der Waals surface area contributed by atoms with Crippen molar-refractivity contribution in [3.63, 3.8) is 0 Å². The fourth-order valence-electron chi connectivity index (χ4n) is 4.13. The van der Waals surface area contributed by atoms with Gasteiger partial charge in [0.1, 0.15) is 16.9 Å². The van der Waals surface area contributed by atoms with E-state index in [1.165, 1.54) is 23.4 Å². The van der Waals surface area contributed by atoms with Gasteiger partial charge in [0.05, 0.1) is 12.1 Å². The minimum Gasteiger partial charge on any atom is -0.369 e. The lowest BCUT2D eigenvalue weighted by Gasteiger charge is -2.35. The highest BCUT2D eigenvalue weighted by molar-refractivity contribution is 7.16. The van der Waals surface area contributed by atoms with Gasteiger partial charge in [-0.05, 0) is 55.5 Å². The fraction of sp³-hybridized carbons (Fsp3) is 0.455. The molecule has 1 fully saturated rings. The van der Waals surface area contributed by atoms with E-state index in [9.17, 15) is 14.4 Å². The summed E-state index contributed by atoms with van der Waals surface area (Å²) in [5.74, 6) is -0.292. The number of hydrogen-bond donors (Lipinski definition) is 1. The van der Waals surface area contributed by atoms with Gasteiger partial charge in [-0.25, -0.2) is 4.39 Å². The first-order chi connectivity index (χ1) is 14.1. The Labute approximate surface area is 174 Å². The van der Waals surface area contributed by atoms with Crippen molar-refractivity contribution >= 4 is 27.9 Å². The van der Waals surface area contributed by atoms with Gasteiger partial charge in [-0.3, -0.25) is 9.69 Å². The SMILES string of the molecule is N#Cc1c(NC(=O)CN2CCN(c3ccc(F)cc3)CC2)sc2c1CCCCC2. The molecule has 0 radical (unpaired) electrons. The van der Waals surface area contributed by atoms with E-state index in [1.807, 2.05) is 0 Å². The van der Waals surface area contributed by atoms with Crippen molar-refractivity contribution in [2.75, 3.05) is 42.9 Å². The van der Waals surface area contributed by atoms with Crippen LogP contribution >= 0.6 is 11.3 Å². The molecule has 1 N–H and O–H groups in total. The zero-order valence-corrected chi connectivity index (χ0v) is 17.2. The van der Waals surface area contributed by atoms with Crippen LogP contribution in [0.5, 0.6) is 0 Å². The van der Waals surface area contributed by atoms with Gasteiger partial charge in [-0.1, -0.05) is 6.42 Å². The van der Waals surface area contributed by atoms with E-state index in [1.54, 1.807) is 23.5 Å². The highest BCUT2D eigenvalue weighted by Gasteiger charge is 2.23. The van der Waals surface area contributed by atoms with Crippen LogP contribution in [0.25, 0.3) is 0 Å². The van der Waals surface area contributed by atoms with E-state index >= 15 is 0 Å². The zero-order valence-electron chi connectivity index (χ0n) is 16.4. The number of thiophene rings is 1. The first kappa shape index (κ1) is 19.9.